The van der Waals surface area contributed by atoms with Crippen molar-refractivity contribution < 1.29 is 21.6 Å². The first-order chi connectivity index (χ1) is 13.7. The second-order valence-corrected chi connectivity index (χ2v) is 8.61. The Hall–Kier alpha value is -2.32. The molecule has 0 saturated carbocycles. The Morgan fingerprint density at radius 1 is 1.24 bits per heavy atom. The number of sulfonamides is 1. The zero-order valence-electron chi connectivity index (χ0n) is 16.0. The number of halogens is 3. The van der Waals surface area contributed by atoms with Crippen LogP contribution in [0.1, 0.15) is 30.9 Å². The van der Waals surface area contributed by atoms with Gasteiger partial charge >= 0.3 is 15.5 Å². The molecule has 0 atom stereocenters. The van der Waals surface area contributed by atoms with Crippen molar-refractivity contribution in [1.29, 1.82) is 5.26 Å². The molecule has 1 aliphatic rings. The molecule has 1 aromatic carbocycles. The summed E-state index contributed by atoms with van der Waals surface area (Å²) in [6.45, 7) is 3.16. The number of guanidine groups is 1. The summed E-state index contributed by atoms with van der Waals surface area (Å²) < 4.78 is 61.4. The van der Waals surface area contributed by atoms with Gasteiger partial charge in [0.25, 0.3) is 0 Å². The largest absolute Gasteiger partial charge is 0.511 e. The van der Waals surface area contributed by atoms with E-state index in [-0.39, 0.29) is 19.0 Å². The van der Waals surface area contributed by atoms with Gasteiger partial charge in [0.15, 0.2) is 5.96 Å². The van der Waals surface area contributed by atoms with Crippen molar-refractivity contribution in [3.63, 3.8) is 0 Å². The van der Waals surface area contributed by atoms with Crippen LogP contribution in [0.5, 0.6) is 0 Å². The van der Waals surface area contributed by atoms with Gasteiger partial charge in [0.1, 0.15) is 0 Å². The zero-order valence-corrected chi connectivity index (χ0v) is 16.9. The molecule has 11 heteroatoms. The molecule has 160 valence electrons. The van der Waals surface area contributed by atoms with Crippen molar-refractivity contribution in [2.75, 3.05) is 26.2 Å². The highest BCUT2D eigenvalue weighted by atomic mass is 32.2. The molecule has 7 nitrogen and oxygen atoms in total. The number of aliphatic imine (C=N–C) groups is 1. The number of piperidine rings is 1. The molecule has 1 saturated heterocycles. The van der Waals surface area contributed by atoms with Crippen LogP contribution in [0, 0.1) is 17.2 Å². The van der Waals surface area contributed by atoms with Gasteiger partial charge in [-0.1, -0.05) is 12.1 Å². The summed E-state index contributed by atoms with van der Waals surface area (Å²) >= 11 is 0. The van der Waals surface area contributed by atoms with Gasteiger partial charge in [-0.2, -0.15) is 22.7 Å². The minimum absolute atomic E-state index is 0.0495. The van der Waals surface area contributed by atoms with Crippen LogP contribution in [0.15, 0.2) is 29.3 Å². The van der Waals surface area contributed by atoms with Crippen molar-refractivity contribution >= 4 is 16.0 Å². The van der Waals surface area contributed by atoms with E-state index in [4.69, 9.17) is 5.26 Å². The number of nitrogens with one attached hydrogen (secondary N) is 2. The van der Waals surface area contributed by atoms with Crippen LogP contribution in [0.4, 0.5) is 13.2 Å². The molecule has 29 heavy (non-hydrogen) atoms. The van der Waals surface area contributed by atoms with E-state index in [0.717, 1.165) is 5.56 Å². The van der Waals surface area contributed by atoms with E-state index < -0.39 is 15.5 Å². The Kier molecular flexibility index (Phi) is 7.87. The van der Waals surface area contributed by atoms with Gasteiger partial charge in [-0.05, 0) is 43.4 Å². The lowest BCUT2D eigenvalue weighted by Gasteiger charge is -2.31. The van der Waals surface area contributed by atoms with Gasteiger partial charge in [-0.25, -0.2) is 13.4 Å². The smallest absolute Gasteiger partial charge is 0.357 e. The lowest BCUT2D eigenvalue weighted by Crippen LogP contribution is -2.47. The minimum Gasteiger partial charge on any atom is -0.357 e. The van der Waals surface area contributed by atoms with E-state index in [1.807, 2.05) is 19.1 Å². The van der Waals surface area contributed by atoms with Crippen molar-refractivity contribution in [2.45, 2.75) is 31.8 Å². The third-order valence-electron chi connectivity index (χ3n) is 4.61. The molecule has 2 rings (SSSR count). The highest BCUT2D eigenvalue weighted by molar-refractivity contribution is 7.90. The summed E-state index contributed by atoms with van der Waals surface area (Å²) in [5, 5.41) is 15.1. The summed E-state index contributed by atoms with van der Waals surface area (Å²) in [7, 11) is -5.25. The Balaban J connectivity index is 1.87. The fraction of sp³-hybridized carbons (Fsp3) is 0.556. The molecule has 0 bridgehead atoms. The molecule has 0 radical (unpaired) electrons. The Morgan fingerprint density at radius 3 is 2.38 bits per heavy atom. The van der Waals surface area contributed by atoms with Crippen LogP contribution in [0.25, 0.3) is 0 Å². The molecule has 0 amide bonds. The zero-order chi connectivity index (χ0) is 21.5. The van der Waals surface area contributed by atoms with Crippen LogP contribution in [0.3, 0.4) is 0 Å². The number of nitrogens with zero attached hydrogens (tertiary/aromatic N) is 3. The first kappa shape index (κ1) is 23.0. The van der Waals surface area contributed by atoms with E-state index in [1.165, 1.54) is 0 Å². The summed E-state index contributed by atoms with van der Waals surface area (Å²) in [5.74, 6) is 0.621. The molecule has 0 aliphatic carbocycles. The van der Waals surface area contributed by atoms with Crippen LogP contribution in [-0.4, -0.2) is 50.4 Å². The van der Waals surface area contributed by atoms with Crippen LogP contribution in [-0.2, 0) is 16.6 Å². The summed E-state index contributed by atoms with van der Waals surface area (Å²) in [6, 6.07) is 9.13. The van der Waals surface area contributed by atoms with E-state index >= 15 is 0 Å². The van der Waals surface area contributed by atoms with E-state index in [9.17, 15) is 21.6 Å². The number of hydrogen-bond acceptors (Lipinski definition) is 4. The monoisotopic (exact) mass is 431 g/mol. The van der Waals surface area contributed by atoms with Crippen molar-refractivity contribution in [3.8, 4) is 6.07 Å². The first-order valence-electron chi connectivity index (χ1n) is 9.25. The van der Waals surface area contributed by atoms with E-state index in [1.54, 1.807) is 12.1 Å². The van der Waals surface area contributed by atoms with Gasteiger partial charge < -0.3 is 10.6 Å². The highest BCUT2D eigenvalue weighted by Crippen LogP contribution is 2.30. The lowest BCUT2D eigenvalue weighted by molar-refractivity contribution is -0.0496. The van der Waals surface area contributed by atoms with Gasteiger partial charge in [0.2, 0.25) is 0 Å². The topological polar surface area (TPSA) is 97.6 Å². The predicted octanol–water partition coefficient (Wildman–Crippen LogP) is 2.17. The maximum atomic E-state index is 12.6. The van der Waals surface area contributed by atoms with Gasteiger partial charge in [-0.15, -0.1) is 0 Å². The minimum atomic E-state index is -5.26. The van der Waals surface area contributed by atoms with Gasteiger partial charge in [0, 0.05) is 26.2 Å². The van der Waals surface area contributed by atoms with Crippen LogP contribution in [0.2, 0.25) is 0 Å². The molecule has 1 fully saturated rings. The second-order valence-electron chi connectivity index (χ2n) is 6.68. The number of rotatable bonds is 6. The Bertz CT molecular complexity index is 840. The molecule has 1 aliphatic heterocycles. The molecular weight excluding hydrogens is 407 g/mol. The van der Waals surface area contributed by atoms with Crippen LogP contribution < -0.4 is 10.6 Å². The first-order valence-corrected chi connectivity index (χ1v) is 10.7. The quantitative estimate of drug-likeness (QED) is 0.532. The SMILES string of the molecule is CCNC(=NCc1ccc(C#N)cc1)NCC1CCN(S(=O)(=O)C(F)(F)F)CC1. The average Bonchev–Trinajstić information content (AvgIpc) is 2.70. The molecular formula is C18H24F3N5O2S. The fourth-order valence-electron chi connectivity index (χ4n) is 2.94. The normalized spacial score (nSPS) is 17.0. The van der Waals surface area contributed by atoms with Crippen molar-refractivity contribution in [3.05, 3.63) is 35.4 Å². The molecule has 2 N–H and O–H groups in total. The van der Waals surface area contributed by atoms with Crippen LogP contribution >= 0.6 is 0 Å². The molecule has 0 unspecified atom stereocenters. The molecule has 1 heterocycles. The summed E-state index contributed by atoms with van der Waals surface area (Å²) in [4.78, 5) is 4.47. The molecule has 0 aromatic heterocycles. The Labute approximate surface area is 168 Å². The van der Waals surface area contributed by atoms with E-state index in [2.05, 4.69) is 21.7 Å². The maximum Gasteiger partial charge on any atom is 0.511 e. The predicted molar refractivity (Wildman–Crippen MR) is 103 cm³/mol. The molecule has 1 aromatic rings. The number of alkyl halides is 3. The standard InChI is InChI=1S/C18H24F3N5O2S/c1-2-23-17(24-12-15-5-3-14(11-22)4-6-15)25-13-16-7-9-26(10-8-16)29(27,28)18(19,20)21/h3-6,16H,2,7-10,12-13H2,1H3,(H2,23,24,25). The highest BCUT2D eigenvalue weighted by Gasteiger charge is 2.50. The number of nitriles is 1. The van der Waals surface area contributed by atoms with Gasteiger partial charge in [-0.3, -0.25) is 0 Å². The molecule has 0 spiro atoms. The third-order valence-corrected chi connectivity index (χ3v) is 6.24. The fourth-order valence-corrected chi connectivity index (χ4v) is 3.92. The maximum absolute atomic E-state index is 12.6. The van der Waals surface area contributed by atoms with Crippen molar-refractivity contribution in [2.24, 2.45) is 10.9 Å². The lowest BCUT2D eigenvalue weighted by atomic mass is 9.98. The summed E-state index contributed by atoms with van der Waals surface area (Å²) in [6.07, 6.45) is 0.689. The second kappa shape index (κ2) is 9.93. The van der Waals surface area contributed by atoms with Crippen molar-refractivity contribution in [1.82, 2.24) is 14.9 Å². The van der Waals surface area contributed by atoms with Gasteiger partial charge in [0.05, 0.1) is 18.2 Å². The third kappa shape index (κ3) is 6.33. The van der Waals surface area contributed by atoms with E-state index in [0.29, 0.717) is 48.3 Å². The summed E-state index contributed by atoms with van der Waals surface area (Å²) in [5.41, 5.74) is -3.75. The number of benzene rings is 1. The average molecular weight is 431 g/mol. The Morgan fingerprint density at radius 2 is 1.86 bits per heavy atom. The number of hydrogen-bond donors (Lipinski definition) is 2.